The number of nitrogens with zero attached hydrogens (tertiary/aromatic N) is 1. The molecule has 0 saturated heterocycles. The van der Waals surface area contributed by atoms with Crippen LogP contribution in [0.15, 0.2) is 17.2 Å². The van der Waals surface area contributed by atoms with E-state index in [9.17, 15) is 0 Å². The highest BCUT2D eigenvalue weighted by molar-refractivity contribution is 7.80. The molecule has 18 heavy (non-hydrogen) atoms. The van der Waals surface area contributed by atoms with Crippen molar-refractivity contribution in [1.29, 1.82) is 0 Å². The van der Waals surface area contributed by atoms with Crippen molar-refractivity contribution in [3.63, 3.8) is 0 Å². The first-order valence-corrected chi connectivity index (χ1v) is 5.41. The molecule has 0 aliphatic heterocycles. The third-order valence-electron chi connectivity index (χ3n) is 2.11. The molecule has 0 radical (unpaired) electrons. The first-order chi connectivity index (χ1) is 8.62. The van der Waals surface area contributed by atoms with Gasteiger partial charge in [-0.15, -0.1) is 0 Å². The molecule has 0 atom stereocenters. The minimum Gasteiger partial charge on any atom is -0.496 e. The van der Waals surface area contributed by atoms with E-state index in [1.807, 2.05) is 0 Å². The number of hydrazone groups is 1. The number of hydrogen-bond donors (Lipinski definition) is 2. The zero-order valence-corrected chi connectivity index (χ0v) is 11.2. The molecule has 0 amide bonds. The summed E-state index contributed by atoms with van der Waals surface area (Å²) in [5, 5.41) is 3.95. The minimum atomic E-state index is 0.0886. The van der Waals surface area contributed by atoms with Gasteiger partial charge in [0.15, 0.2) is 16.6 Å². The van der Waals surface area contributed by atoms with E-state index >= 15 is 0 Å². The van der Waals surface area contributed by atoms with Crippen LogP contribution >= 0.6 is 12.2 Å². The van der Waals surface area contributed by atoms with Crippen molar-refractivity contribution < 1.29 is 14.2 Å². The highest BCUT2D eigenvalue weighted by Crippen LogP contribution is 2.33. The fraction of sp³-hybridized carbons (Fsp3) is 0.273. The van der Waals surface area contributed by atoms with E-state index in [4.69, 9.17) is 19.9 Å². The van der Waals surface area contributed by atoms with E-state index in [0.29, 0.717) is 22.8 Å². The minimum absolute atomic E-state index is 0.0886. The third-order valence-corrected chi connectivity index (χ3v) is 2.21. The van der Waals surface area contributed by atoms with Crippen molar-refractivity contribution in [2.45, 2.75) is 0 Å². The Bertz CT molecular complexity index is 463. The summed E-state index contributed by atoms with van der Waals surface area (Å²) in [5.74, 6) is 1.75. The number of rotatable bonds is 5. The molecule has 98 valence electrons. The summed E-state index contributed by atoms with van der Waals surface area (Å²) in [4.78, 5) is 0. The van der Waals surface area contributed by atoms with Crippen molar-refractivity contribution in [2.75, 3.05) is 21.3 Å². The molecular weight excluding hydrogens is 254 g/mol. The molecule has 0 saturated carbocycles. The maximum Gasteiger partial charge on any atom is 0.184 e. The van der Waals surface area contributed by atoms with Crippen LogP contribution in [-0.4, -0.2) is 32.7 Å². The van der Waals surface area contributed by atoms with Gasteiger partial charge in [-0.2, -0.15) is 5.10 Å². The van der Waals surface area contributed by atoms with Crippen LogP contribution in [0.4, 0.5) is 0 Å². The van der Waals surface area contributed by atoms with Gasteiger partial charge in [0.25, 0.3) is 0 Å². The predicted octanol–water partition coefficient (Wildman–Crippen LogP) is 0.879. The standard InChI is InChI=1S/C11H15N3O3S/c1-15-8-5-10(17-3)9(16-2)4-7(8)6-13-14-11(12)18/h4-6H,1-3H3,(H3,12,14,18)/b13-6+. The highest BCUT2D eigenvalue weighted by atomic mass is 32.1. The van der Waals surface area contributed by atoms with Gasteiger partial charge in [-0.3, -0.25) is 5.43 Å². The molecule has 7 heteroatoms. The van der Waals surface area contributed by atoms with Gasteiger partial charge in [-0.05, 0) is 18.3 Å². The molecule has 1 rings (SSSR count). The lowest BCUT2D eigenvalue weighted by Crippen LogP contribution is -2.24. The van der Waals surface area contributed by atoms with Gasteiger partial charge >= 0.3 is 0 Å². The third kappa shape index (κ3) is 3.49. The normalized spacial score (nSPS) is 10.2. The van der Waals surface area contributed by atoms with Gasteiger partial charge in [-0.25, -0.2) is 0 Å². The van der Waals surface area contributed by atoms with Crippen LogP contribution in [0.1, 0.15) is 5.56 Å². The maximum atomic E-state index is 5.26. The quantitative estimate of drug-likeness (QED) is 0.469. The Morgan fingerprint density at radius 1 is 1.17 bits per heavy atom. The SMILES string of the molecule is COc1cc(OC)c(OC)cc1/C=N/NC(N)=S. The number of benzene rings is 1. The van der Waals surface area contributed by atoms with Gasteiger partial charge in [-0.1, -0.05) is 0 Å². The average molecular weight is 269 g/mol. The number of thiocarbonyl (C=S) groups is 1. The van der Waals surface area contributed by atoms with Crippen molar-refractivity contribution >= 4 is 23.5 Å². The summed E-state index contributed by atoms with van der Waals surface area (Å²) in [7, 11) is 4.66. The second kappa shape index (κ2) is 6.65. The second-order valence-electron chi connectivity index (χ2n) is 3.18. The summed E-state index contributed by atoms with van der Waals surface area (Å²) in [5.41, 5.74) is 8.43. The topological polar surface area (TPSA) is 78.1 Å². The van der Waals surface area contributed by atoms with Crippen molar-refractivity contribution in [3.8, 4) is 17.2 Å². The fourth-order valence-corrected chi connectivity index (χ4v) is 1.37. The number of nitrogens with one attached hydrogen (secondary N) is 1. The fourth-order valence-electron chi connectivity index (χ4n) is 1.32. The molecule has 0 fully saturated rings. The highest BCUT2D eigenvalue weighted by Gasteiger charge is 2.10. The Morgan fingerprint density at radius 3 is 2.22 bits per heavy atom. The lowest BCUT2D eigenvalue weighted by Gasteiger charge is -2.11. The summed E-state index contributed by atoms with van der Waals surface area (Å²) in [6.07, 6.45) is 1.53. The van der Waals surface area contributed by atoms with Crippen molar-refractivity contribution in [2.24, 2.45) is 10.8 Å². The van der Waals surface area contributed by atoms with Crippen LogP contribution in [0.3, 0.4) is 0 Å². The zero-order chi connectivity index (χ0) is 13.5. The first-order valence-electron chi connectivity index (χ1n) is 5.01. The zero-order valence-electron chi connectivity index (χ0n) is 10.4. The molecule has 0 aromatic heterocycles. The van der Waals surface area contributed by atoms with E-state index < -0.39 is 0 Å². The smallest absolute Gasteiger partial charge is 0.184 e. The van der Waals surface area contributed by atoms with E-state index in [2.05, 4.69) is 22.7 Å². The number of methoxy groups -OCH3 is 3. The molecule has 1 aromatic carbocycles. The summed E-state index contributed by atoms with van der Waals surface area (Å²) >= 11 is 4.64. The van der Waals surface area contributed by atoms with Gasteiger partial charge in [0.05, 0.1) is 27.5 Å². The van der Waals surface area contributed by atoms with Crippen LogP contribution in [0.5, 0.6) is 17.2 Å². The maximum absolute atomic E-state index is 5.26. The summed E-state index contributed by atoms with van der Waals surface area (Å²) in [6.45, 7) is 0. The van der Waals surface area contributed by atoms with Crippen molar-refractivity contribution in [1.82, 2.24) is 5.43 Å². The number of ether oxygens (including phenoxy) is 3. The molecule has 3 N–H and O–H groups in total. The Hall–Kier alpha value is -2.02. The average Bonchev–Trinajstić information content (AvgIpc) is 2.37. The van der Waals surface area contributed by atoms with E-state index in [0.717, 1.165) is 0 Å². The van der Waals surface area contributed by atoms with E-state index in [-0.39, 0.29) is 5.11 Å². The Kier molecular flexibility index (Phi) is 5.19. The molecule has 1 aromatic rings. The van der Waals surface area contributed by atoms with Gasteiger partial charge in [0.1, 0.15) is 5.75 Å². The molecule has 0 heterocycles. The van der Waals surface area contributed by atoms with Crippen LogP contribution < -0.4 is 25.4 Å². The molecule has 0 aliphatic carbocycles. The summed E-state index contributed by atoms with van der Waals surface area (Å²) in [6, 6.07) is 3.45. The molecule has 0 unspecified atom stereocenters. The first kappa shape index (κ1) is 14.0. The molecular formula is C11H15N3O3S. The Morgan fingerprint density at radius 2 is 1.72 bits per heavy atom. The lowest BCUT2D eigenvalue weighted by atomic mass is 10.2. The summed E-state index contributed by atoms with van der Waals surface area (Å²) < 4.78 is 15.6. The van der Waals surface area contributed by atoms with Gasteiger partial charge in [0, 0.05) is 11.6 Å². The number of hydrogen-bond acceptors (Lipinski definition) is 5. The Balaban J connectivity index is 3.09. The largest absolute Gasteiger partial charge is 0.496 e. The molecule has 0 bridgehead atoms. The number of nitrogens with two attached hydrogens (primary N) is 1. The van der Waals surface area contributed by atoms with E-state index in [1.165, 1.54) is 6.21 Å². The van der Waals surface area contributed by atoms with Crippen molar-refractivity contribution in [3.05, 3.63) is 17.7 Å². The molecule has 0 spiro atoms. The van der Waals surface area contributed by atoms with E-state index in [1.54, 1.807) is 33.5 Å². The predicted molar refractivity (Wildman–Crippen MR) is 73.6 cm³/mol. The molecule has 0 aliphatic rings. The molecule has 6 nitrogen and oxygen atoms in total. The Labute approximate surface area is 111 Å². The van der Waals surface area contributed by atoms with Gasteiger partial charge in [0.2, 0.25) is 0 Å². The van der Waals surface area contributed by atoms with Crippen LogP contribution in [0.25, 0.3) is 0 Å². The van der Waals surface area contributed by atoms with Crippen LogP contribution in [0.2, 0.25) is 0 Å². The second-order valence-corrected chi connectivity index (χ2v) is 3.62. The lowest BCUT2D eigenvalue weighted by molar-refractivity contribution is 0.349. The van der Waals surface area contributed by atoms with Crippen LogP contribution in [0, 0.1) is 0 Å². The monoisotopic (exact) mass is 269 g/mol. The van der Waals surface area contributed by atoms with Crippen LogP contribution in [-0.2, 0) is 0 Å². The van der Waals surface area contributed by atoms with Gasteiger partial charge < -0.3 is 19.9 Å².